The van der Waals surface area contributed by atoms with Gasteiger partial charge in [-0.2, -0.15) is 0 Å². The molecule has 0 fully saturated rings. The molecule has 4 nitrogen and oxygen atoms in total. The average Bonchev–Trinajstić information content (AvgIpc) is 2.71. The number of hydrogen-bond acceptors (Lipinski definition) is 2. The molecule has 0 aliphatic carbocycles. The van der Waals surface area contributed by atoms with E-state index < -0.39 is 0 Å². The highest BCUT2D eigenvalue weighted by Gasteiger charge is 2.28. The molecule has 0 saturated heterocycles. The van der Waals surface area contributed by atoms with Crippen molar-refractivity contribution in [1.29, 1.82) is 0 Å². The number of para-hydroxylation sites is 1. The molecule has 1 atom stereocenters. The zero-order valence-electron chi connectivity index (χ0n) is 11.8. The Morgan fingerprint density at radius 3 is 2.79 bits per heavy atom. The standard InChI is InChI=1S/C15H24N4/c1-11(2)7-8-19-13(10-18-15(16)17)9-12-5-3-4-6-14(12)19/h3-6,11,13H,7-10H2,1-2H3,(H4,16,17,18). The molecule has 4 N–H and O–H groups in total. The van der Waals surface area contributed by atoms with Crippen LogP contribution in [0.4, 0.5) is 5.69 Å². The van der Waals surface area contributed by atoms with Crippen LogP contribution in [-0.2, 0) is 6.42 Å². The lowest BCUT2D eigenvalue weighted by molar-refractivity contribution is 0.541. The fourth-order valence-corrected chi connectivity index (χ4v) is 2.60. The van der Waals surface area contributed by atoms with E-state index in [2.05, 4.69) is 48.0 Å². The molecule has 1 unspecified atom stereocenters. The number of nitrogens with zero attached hydrogens (tertiary/aromatic N) is 2. The number of nitrogens with two attached hydrogens (primary N) is 2. The molecule has 1 aromatic carbocycles. The van der Waals surface area contributed by atoms with Gasteiger partial charge in [0, 0.05) is 12.2 Å². The minimum Gasteiger partial charge on any atom is -0.370 e. The summed E-state index contributed by atoms with van der Waals surface area (Å²) in [6, 6.07) is 8.99. The Morgan fingerprint density at radius 1 is 1.37 bits per heavy atom. The largest absolute Gasteiger partial charge is 0.370 e. The molecule has 1 heterocycles. The monoisotopic (exact) mass is 260 g/mol. The van der Waals surface area contributed by atoms with Crippen LogP contribution in [0, 0.1) is 5.92 Å². The molecule has 19 heavy (non-hydrogen) atoms. The molecular weight excluding hydrogens is 236 g/mol. The van der Waals surface area contributed by atoms with Gasteiger partial charge in [-0.05, 0) is 30.4 Å². The van der Waals surface area contributed by atoms with Gasteiger partial charge in [-0.3, -0.25) is 4.99 Å². The van der Waals surface area contributed by atoms with Crippen LogP contribution < -0.4 is 16.4 Å². The van der Waals surface area contributed by atoms with E-state index in [9.17, 15) is 0 Å². The first-order chi connectivity index (χ1) is 9.08. The Bertz CT molecular complexity index is 449. The molecule has 1 aliphatic rings. The van der Waals surface area contributed by atoms with Crippen LogP contribution in [0.15, 0.2) is 29.3 Å². The molecule has 0 saturated carbocycles. The maximum absolute atomic E-state index is 5.45. The quantitative estimate of drug-likeness (QED) is 0.626. The van der Waals surface area contributed by atoms with Crippen molar-refractivity contribution in [2.45, 2.75) is 32.7 Å². The fourth-order valence-electron chi connectivity index (χ4n) is 2.60. The van der Waals surface area contributed by atoms with Crippen molar-refractivity contribution in [2.75, 3.05) is 18.0 Å². The number of anilines is 1. The highest BCUT2D eigenvalue weighted by Crippen LogP contribution is 2.32. The molecule has 0 amide bonds. The van der Waals surface area contributed by atoms with Gasteiger partial charge < -0.3 is 16.4 Å². The van der Waals surface area contributed by atoms with Crippen molar-refractivity contribution in [1.82, 2.24) is 0 Å². The normalized spacial score (nSPS) is 17.6. The number of hydrogen-bond donors (Lipinski definition) is 2. The molecule has 0 bridgehead atoms. The number of aliphatic imine (C=N–C) groups is 1. The van der Waals surface area contributed by atoms with Crippen LogP contribution in [0.2, 0.25) is 0 Å². The lowest BCUT2D eigenvalue weighted by Gasteiger charge is -2.27. The topological polar surface area (TPSA) is 67.6 Å². The summed E-state index contributed by atoms with van der Waals surface area (Å²) >= 11 is 0. The first kappa shape index (κ1) is 13.7. The van der Waals surface area contributed by atoms with Crippen LogP contribution in [0.3, 0.4) is 0 Å². The summed E-state index contributed by atoms with van der Waals surface area (Å²) in [5.41, 5.74) is 13.7. The van der Waals surface area contributed by atoms with Crippen molar-refractivity contribution in [3.05, 3.63) is 29.8 Å². The Morgan fingerprint density at radius 2 is 2.11 bits per heavy atom. The van der Waals surface area contributed by atoms with E-state index >= 15 is 0 Å². The Labute approximate surface area is 115 Å². The van der Waals surface area contributed by atoms with Crippen molar-refractivity contribution in [2.24, 2.45) is 22.4 Å². The lowest BCUT2D eigenvalue weighted by Crippen LogP contribution is -2.37. The second-order valence-corrected chi connectivity index (χ2v) is 5.63. The first-order valence-electron chi connectivity index (χ1n) is 6.98. The smallest absolute Gasteiger partial charge is 0.185 e. The molecule has 0 aromatic heterocycles. The zero-order chi connectivity index (χ0) is 13.8. The minimum absolute atomic E-state index is 0.180. The van der Waals surface area contributed by atoms with E-state index in [0.29, 0.717) is 18.5 Å². The predicted molar refractivity (Wildman–Crippen MR) is 81.4 cm³/mol. The molecular formula is C15H24N4. The number of guanidine groups is 1. The summed E-state index contributed by atoms with van der Waals surface area (Å²) in [6.45, 7) is 6.26. The van der Waals surface area contributed by atoms with Crippen LogP contribution in [0.1, 0.15) is 25.8 Å². The number of benzene rings is 1. The second kappa shape index (κ2) is 5.95. The van der Waals surface area contributed by atoms with Gasteiger partial charge in [0.15, 0.2) is 5.96 Å². The van der Waals surface area contributed by atoms with Crippen molar-refractivity contribution < 1.29 is 0 Å². The first-order valence-corrected chi connectivity index (χ1v) is 6.98. The second-order valence-electron chi connectivity index (χ2n) is 5.63. The van der Waals surface area contributed by atoms with Gasteiger partial charge in [-0.15, -0.1) is 0 Å². The van der Waals surface area contributed by atoms with Crippen LogP contribution >= 0.6 is 0 Å². The van der Waals surface area contributed by atoms with Crippen molar-refractivity contribution >= 4 is 11.6 Å². The Hall–Kier alpha value is -1.71. The lowest BCUT2D eigenvalue weighted by atomic mass is 10.1. The summed E-state index contributed by atoms with van der Waals surface area (Å²) in [6.07, 6.45) is 2.22. The van der Waals surface area contributed by atoms with Gasteiger partial charge in [-0.1, -0.05) is 32.0 Å². The number of rotatable bonds is 5. The van der Waals surface area contributed by atoms with Crippen LogP contribution in [-0.4, -0.2) is 25.1 Å². The van der Waals surface area contributed by atoms with Gasteiger partial charge >= 0.3 is 0 Å². The van der Waals surface area contributed by atoms with Gasteiger partial charge in [0.2, 0.25) is 0 Å². The van der Waals surface area contributed by atoms with Gasteiger partial charge in [-0.25, -0.2) is 0 Å². The Kier molecular flexibility index (Phi) is 4.30. The van der Waals surface area contributed by atoms with Gasteiger partial charge in [0.25, 0.3) is 0 Å². The van der Waals surface area contributed by atoms with Crippen LogP contribution in [0.25, 0.3) is 0 Å². The third-order valence-electron chi connectivity index (χ3n) is 3.63. The highest BCUT2D eigenvalue weighted by atomic mass is 15.2. The van der Waals surface area contributed by atoms with Crippen molar-refractivity contribution in [3.63, 3.8) is 0 Å². The SMILES string of the molecule is CC(C)CCN1c2ccccc2CC1CN=C(N)N. The third kappa shape index (κ3) is 3.40. The Balaban J connectivity index is 2.13. The highest BCUT2D eigenvalue weighted by molar-refractivity contribution is 5.75. The summed E-state index contributed by atoms with van der Waals surface area (Å²) in [4.78, 5) is 6.66. The molecule has 2 rings (SSSR count). The van der Waals surface area contributed by atoms with E-state index in [1.54, 1.807) is 0 Å². The van der Waals surface area contributed by atoms with E-state index in [1.165, 1.54) is 17.7 Å². The van der Waals surface area contributed by atoms with Crippen LogP contribution in [0.5, 0.6) is 0 Å². The average molecular weight is 260 g/mol. The third-order valence-corrected chi connectivity index (χ3v) is 3.63. The fraction of sp³-hybridized carbons (Fsp3) is 0.533. The number of fused-ring (bicyclic) bond motifs is 1. The zero-order valence-corrected chi connectivity index (χ0v) is 11.8. The molecule has 4 heteroatoms. The van der Waals surface area contributed by atoms with Crippen molar-refractivity contribution in [3.8, 4) is 0 Å². The van der Waals surface area contributed by atoms with Gasteiger partial charge in [0.1, 0.15) is 0 Å². The molecule has 1 aromatic rings. The summed E-state index contributed by atoms with van der Waals surface area (Å²) < 4.78 is 0. The molecule has 0 radical (unpaired) electrons. The van der Waals surface area contributed by atoms with E-state index in [0.717, 1.165) is 13.0 Å². The molecule has 0 spiro atoms. The summed E-state index contributed by atoms with van der Waals surface area (Å²) in [7, 11) is 0. The van der Waals surface area contributed by atoms with Gasteiger partial charge in [0.05, 0.1) is 12.6 Å². The molecule has 1 aliphatic heterocycles. The molecule has 104 valence electrons. The summed E-state index contributed by atoms with van der Waals surface area (Å²) in [5.74, 6) is 0.885. The maximum Gasteiger partial charge on any atom is 0.185 e. The summed E-state index contributed by atoms with van der Waals surface area (Å²) in [5, 5.41) is 0. The van der Waals surface area contributed by atoms with E-state index in [4.69, 9.17) is 11.5 Å². The van der Waals surface area contributed by atoms with E-state index in [1.807, 2.05) is 0 Å². The minimum atomic E-state index is 0.180. The van der Waals surface area contributed by atoms with E-state index in [-0.39, 0.29) is 5.96 Å². The predicted octanol–water partition coefficient (Wildman–Crippen LogP) is 1.74. The maximum atomic E-state index is 5.45.